The largest absolute Gasteiger partial charge is 0.329 e. The smallest absolute Gasteiger partial charge is 0.274 e. The Bertz CT molecular complexity index is 944. The van der Waals surface area contributed by atoms with Crippen LogP contribution < -0.4 is 5.32 Å². The van der Waals surface area contributed by atoms with E-state index in [-0.39, 0.29) is 5.91 Å². The number of amides is 1. The standard InChI is InChI=1S/C22H24N4OS/c27-21(19-6-12-26(24-19)18-4-2-1-3-5-18)25(15-17-7-13-28-16-17)20-14-22(20)8-10-23-11-9-22/h1-7,12-13,16,20,23H,8-11,14-15H2. The SMILES string of the molecule is O=C(c1ccn(-c2ccccc2)n1)N(Cc1ccsc1)C1CC12CCNCC2. The molecule has 0 bridgehead atoms. The first-order valence-corrected chi connectivity index (χ1v) is 10.8. The number of carbonyl (C=O) groups excluding carboxylic acids is 1. The first kappa shape index (κ1) is 17.6. The summed E-state index contributed by atoms with van der Waals surface area (Å²) in [6.45, 7) is 2.78. The van der Waals surface area contributed by atoms with Crippen LogP contribution in [-0.4, -0.2) is 39.7 Å². The Morgan fingerprint density at radius 3 is 2.79 bits per heavy atom. The number of hydrogen-bond donors (Lipinski definition) is 1. The molecule has 1 saturated heterocycles. The van der Waals surface area contributed by atoms with Crippen molar-refractivity contribution < 1.29 is 4.79 Å². The molecule has 144 valence electrons. The van der Waals surface area contributed by atoms with E-state index in [0.29, 0.717) is 23.7 Å². The average molecular weight is 393 g/mol. The summed E-state index contributed by atoms with van der Waals surface area (Å²) in [5, 5.41) is 12.3. The van der Waals surface area contributed by atoms with Gasteiger partial charge in [0.25, 0.3) is 5.91 Å². The lowest BCUT2D eigenvalue weighted by atomic mass is 9.93. The fourth-order valence-electron chi connectivity index (χ4n) is 4.44. The predicted molar refractivity (Wildman–Crippen MR) is 111 cm³/mol. The molecule has 1 aliphatic heterocycles. The van der Waals surface area contributed by atoms with E-state index in [1.54, 1.807) is 16.0 Å². The van der Waals surface area contributed by atoms with Crippen molar-refractivity contribution in [2.75, 3.05) is 13.1 Å². The topological polar surface area (TPSA) is 50.2 Å². The first-order valence-electron chi connectivity index (χ1n) is 9.89. The molecule has 1 aromatic carbocycles. The molecule has 3 heterocycles. The molecule has 6 heteroatoms. The molecule has 1 N–H and O–H groups in total. The summed E-state index contributed by atoms with van der Waals surface area (Å²) >= 11 is 1.68. The van der Waals surface area contributed by atoms with Gasteiger partial charge in [-0.25, -0.2) is 4.68 Å². The van der Waals surface area contributed by atoms with Crippen molar-refractivity contribution in [2.24, 2.45) is 5.41 Å². The lowest BCUT2D eigenvalue weighted by Crippen LogP contribution is -2.39. The quantitative estimate of drug-likeness (QED) is 0.720. The van der Waals surface area contributed by atoms with E-state index in [4.69, 9.17) is 0 Å². The van der Waals surface area contributed by atoms with Gasteiger partial charge in [0, 0.05) is 18.8 Å². The number of rotatable bonds is 5. The maximum absolute atomic E-state index is 13.5. The molecule has 28 heavy (non-hydrogen) atoms. The van der Waals surface area contributed by atoms with Crippen molar-refractivity contribution in [2.45, 2.75) is 31.8 Å². The Balaban J connectivity index is 1.41. The molecular formula is C22H24N4OS. The number of carbonyl (C=O) groups is 1. The Kier molecular flexibility index (Phi) is 4.53. The summed E-state index contributed by atoms with van der Waals surface area (Å²) in [6.07, 6.45) is 5.30. The Hall–Kier alpha value is -2.44. The van der Waals surface area contributed by atoms with Crippen molar-refractivity contribution in [3.63, 3.8) is 0 Å². The van der Waals surface area contributed by atoms with Crippen LogP contribution >= 0.6 is 11.3 Å². The summed E-state index contributed by atoms with van der Waals surface area (Å²) in [6, 6.07) is 14.2. The predicted octanol–water partition coefficient (Wildman–Crippen LogP) is 3.72. The normalized spacial score (nSPS) is 20.2. The van der Waals surface area contributed by atoms with Crippen molar-refractivity contribution in [1.82, 2.24) is 20.0 Å². The van der Waals surface area contributed by atoms with Crippen LogP contribution in [0.3, 0.4) is 0 Å². The molecule has 1 spiro atoms. The highest BCUT2D eigenvalue weighted by Crippen LogP contribution is 2.56. The molecule has 1 unspecified atom stereocenters. The molecule has 1 aliphatic carbocycles. The van der Waals surface area contributed by atoms with Gasteiger partial charge in [0.2, 0.25) is 0 Å². The van der Waals surface area contributed by atoms with Crippen LogP contribution in [0, 0.1) is 5.41 Å². The van der Waals surface area contributed by atoms with Gasteiger partial charge in [-0.15, -0.1) is 0 Å². The van der Waals surface area contributed by atoms with Crippen LogP contribution in [0.15, 0.2) is 59.4 Å². The summed E-state index contributed by atoms with van der Waals surface area (Å²) in [5.74, 6) is 0.0429. The number of nitrogens with zero attached hydrogens (tertiary/aromatic N) is 3. The molecule has 3 aromatic rings. The number of aromatic nitrogens is 2. The molecular weight excluding hydrogens is 368 g/mol. The molecule has 2 aromatic heterocycles. The zero-order chi connectivity index (χ0) is 19.0. The van der Waals surface area contributed by atoms with Crippen molar-refractivity contribution in [3.05, 3.63) is 70.7 Å². The number of thiophene rings is 1. The van der Waals surface area contributed by atoms with Crippen LogP contribution in [0.1, 0.15) is 35.3 Å². The lowest BCUT2D eigenvalue weighted by Gasteiger charge is -2.29. The van der Waals surface area contributed by atoms with Crippen molar-refractivity contribution in [3.8, 4) is 5.69 Å². The molecule has 1 saturated carbocycles. The third-order valence-corrected chi connectivity index (χ3v) is 6.88. The molecule has 2 aliphatic rings. The van der Waals surface area contributed by atoms with Gasteiger partial charge < -0.3 is 10.2 Å². The second kappa shape index (κ2) is 7.18. The number of hydrogen-bond acceptors (Lipinski definition) is 4. The van der Waals surface area contributed by atoms with Crippen molar-refractivity contribution in [1.29, 1.82) is 0 Å². The van der Waals surface area contributed by atoms with Gasteiger partial charge in [-0.1, -0.05) is 18.2 Å². The zero-order valence-corrected chi connectivity index (χ0v) is 16.6. The van der Waals surface area contributed by atoms with Gasteiger partial charge in [0.15, 0.2) is 5.69 Å². The molecule has 5 rings (SSSR count). The first-order chi connectivity index (χ1) is 13.8. The van der Waals surface area contributed by atoms with Gasteiger partial charge in [-0.2, -0.15) is 16.4 Å². The highest BCUT2D eigenvalue weighted by atomic mass is 32.1. The van der Waals surface area contributed by atoms with E-state index in [0.717, 1.165) is 38.0 Å². The van der Waals surface area contributed by atoms with Gasteiger partial charge in [-0.05, 0) is 78.4 Å². The van der Waals surface area contributed by atoms with Gasteiger partial charge in [0.05, 0.1) is 5.69 Å². The molecule has 5 nitrogen and oxygen atoms in total. The van der Waals surface area contributed by atoms with Gasteiger partial charge in [0.1, 0.15) is 0 Å². The maximum atomic E-state index is 13.5. The fourth-order valence-corrected chi connectivity index (χ4v) is 5.10. The number of benzene rings is 1. The van der Waals surface area contributed by atoms with Crippen LogP contribution in [0.4, 0.5) is 0 Å². The van der Waals surface area contributed by atoms with Gasteiger partial charge >= 0.3 is 0 Å². The van der Waals surface area contributed by atoms with E-state index in [1.165, 1.54) is 5.56 Å². The van der Waals surface area contributed by atoms with Gasteiger partial charge in [-0.3, -0.25) is 4.79 Å². The number of nitrogens with one attached hydrogen (secondary N) is 1. The van der Waals surface area contributed by atoms with Crippen LogP contribution in [-0.2, 0) is 6.54 Å². The minimum Gasteiger partial charge on any atom is -0.329 e. The molecule has 2 fully saturated rings. The summed E-state index contributed by atoms with van der Waals surface area (Å²) in [7, 11) is 0. The molecule has 0 radical (unpaired) electrons. The monoisotopic (exact) mass is 392 g/mol. The Morgan fingerprint density at radius 1 is 1.21 bits per heavy atom. The van der Waals surface area contributed by atoms with E-state index >= 15 is 0 Å². The fraction of sp³-hybridized carbons (Fsp3) is 0.364. The third kappa shape index (κ3) is 3.27. The van der Waals surface area contributed by atoms with Crippen molar-refractivity contribution >= 4 is 17.2 Å². The lowest BCUT2D eigenvalue weighted by molar-refractivity contribution is 0.0686. The summed E-state index contributed by atoms with van der Waals surface area (Å²) < 4.78 is 1.78. The van der Waals surface area contributed by atoms with Crippen LogP contribution in [0.2, 0.25) is 0 Å². The Labute approximate surface area is 169 Å². The molecule has 1 atom stereocenters. The van der Waals surface area contributed by atoms with E-state index in [9.17, 15) is 4.79 Å². The van der Waals surface area contributed by atoms with E-state index in [1.807, 2.05) is 42.6 Å². The van der Waals surface area contributed by atoms with Crippen LogP contribution in [0.25, 0.3) is 5.69 Å². The highest BCUT2D eigenvalue weighted by Gasteiger charge is 2.57. The van der Waals surface area contributed by atoms with E-state index < -0.39 is 0 Å². The second-order valence-electron chi connectivity index (χ2n) is 7.88. The summed E-state index contributed by atoms with van der Waals surface area (Å²) in [4.78, 5) is 15.5. The highest BCUT2D eigenvalue weighted by molar-refractivity contribution is 7.07. The zero-order valence-electron chi connectivity index (χ0n) is 15.8. The maximum Gasteiger partial charge on any atom is 0.274 e. The second-order valence-corrected chi connectivity index (χ2v) is 8.66. The number of piperidine rings is 1. The van der Waals surface area contributed by atoms with Crippen LogP contribution in [0.5, 0.6) is 0 Å². The average Bonchev–Trinajstić information content (AvgIpc) is 3.16. The van der Waals surface area contributed by atoms with E-state index in [2.05, 4.69) is 32.1 Å². The number of para-hydroxylation sites is 1. The minimum atomic E-state index is 0.0429. The Morgan fingerprint density at radius 2 is 2.04 bits per heavy atom. The molecule has 1 amide bonds. The summed E-state index contributed by atoms with van der Waals surface area (Å²) in [5.41, 5.74) is 3.00. The third-order valence-electron chi connectivity index (χ3n) is 6.14. The minimum absolute atomic E-state index is 0.0429.